The van der Waals surface area contributed by atoms with Gasteiger partial charge in [0.05, 0.1) is 5.56 Å². The Labute approximate surface area is 119 Å². The smallest absolute Gasteiger partial charge is 0.335 e. The molecule has 0 radical (unpaired) electrons. The summed E-state index contributed by atoms with van der Waals surface area (Å²) in [7, 11) is 0. The van der Waals surface area contributed by atoms with Gasteiger partial charge in [0.15, 0.2) is 0 Å². The first-order valence-electron chi connectivity index (χ1n) is 7.31. The van der Waals surface area contributed by atoms with E-state index < -0.39 is 5.97 Å². The molecule has 0 aliphatic heterocycles. The molecule has 0 spiro atoms. The van der Waals surface area contributed by atoms with E-state index in [1.807, 2.05) is 0 Å². The molecule has 1 amide bonds. The van der Waals surface area contributed by atoms with Crippen LogP contribution in [0.2, 0.25) is 0 Å². The van der Waals surface area contributed by atoms with Gasteiger partial charge in [-0.2, -0.15) is 0 Å². The summed E-state index contributed by atoms with van der Waals surface area (Å²) in [6, 6.07) is 6.40. The van der Waals surface area contributed by atoms with Crippen molar-refractivity contribution in [1.82, 2.24) is 0 Å². The van der Waals surface area contributed by atoms with Gasteiger partial charge in [-0.05, 0) is 31.0 Å². The number of hydrogen-bond acceptors (Lipinski definition) is 2. The highest BCUT2D eigenvalue weighted by Gasteiger charge is 2.19. The van der Waals surface area contributed by atoms with Gasteiger partial charge in [-0.3, -0.25) is 4.79 Å². The summed E-state index contributed by atoms with van der Waals surface area (Å²) in [6.07, 6.45) is 7.76. The van der Waals surface area contributed by atoms with Gasteiger partial charge >= 0.3 is 5.97 Å². The van der Waals surface area contributed by atoms with Gasteiger partial charge in [0.1, 0.15) is 0 Å². The lowest BCUT2D eigenvalue weighted by Gasteiger charge is -2.19. The highest BCUT2D eigenvalue weighted by atomic mass is 16.4. The normalized spacial score (nSPS) is 17.0. The number of carbonyl (C=O) groups is 2. The molecule has 1 aromatic rings. The third-order valence-corrected chi connectivity index (χ3v) is 3.85. The molecule has 1 saturated carbocycles. The number of carboxylic acids is 1. The van der Waals surface area contributed by atoms with Crippen molar-refractivity contribution in [2.24, 2.45) is 5.92 Å². The van der Waals surface area contributed by atoms with Crippen LogP contribution >= 0.6 is 0 Å². The van der Waals surface area contributed by atoms with Crippen molar-refractivity contribution in [3.05, 3.63) is 29.8 Å². The van der Waals surface area contributed by atoms with Crippen molar-refractivity contribution in [3.63, 3.8) is 0 Å². The fourth-order valence-electron chi connectivity index (χ4n) is 2.69. The van der Waals surface area contributed by atoms with Gasteiger partial charge in [-0.1, -0.05) is 38.2 Å². The summed E-state index contributed by atoms with van der Waals surface area (Å²) in [5.41, 5.74) is 0.762. The molecule has 4 nitrogen and oxygen atoms in total. The molecular weight excluding hydrogens is 254 g/mol. The largest absolute Gasteiger partial charge is 0.478 e. The number of carboxylic acid groups (broad SMARTS) is 1. The summed E-state index contributed by atoms with van der Waals surface area (Å²) in [4.78, 5) is 23.2. The van der Waals surface area contributed by atoms with Gasteiger partial charge in [0, 0.05) is 11.6 Å². The lowest BCUT2D eigenvalue weighted by Crippen LogP contribution is -2.23. The van der Waals surface area contributed by atoms with Crippen LogP contribution in [0.3, 0.4) is 0 Å². The molecule has 0 unspecified atom stereocenters. The van der Waals surface area contributed by atoms with Crippen LogP contribution in [0.1, 0.15) is 55.3 Å². The van der Waals surface area contributed by atoms with Crippen LogP contribution in [-0.4, -0.2) is 17.0 Å². The molecule has 1 fully saturated rings. The maximum Gasteiger partial charge on any atom is 0.335 e. The van der Waals surface area contributed by atoms with Crippen molar-refractivity contribution >= 4 is 17.6 Å². The Bertz CT molecular complexity index is 476. The van der Waals surface area contributed by atoms with Crippen LogP contribution in [0.4, 0.5) is 5.69 Å². The molecule has 0 bridgehead atoms. The van der Waals surface area contributed by atoms with Gasteiger partial charge in [-0.25, -0.2) is 4.79 Å². The first-order chi connectivity index (χ1) is 9.66. The minimum atomic E-state index is -0.980. The molecule has 2 rings (SSSR count). The summed E-state index contributed by atoms with van der Waals surface area (Å²) in [5.74, 6) is -0.898. The standard InChI is InChI=1S/C16H21NO3/c18-15(12-7-4-2-1-3-5-8-12)17-14-10-6-9-13(11-14)16(19)20/h6,9-12H,1-5,7-8H2,(H,17,18)(H,19,20). The number of aromatic carboxylic acids is 1. The highest BCUT2D eigenvalue weighted by molar-refractivity contribution is 5.94. The van der Waals surface area contributed by atoms with Gasteiger partial charge in [0.25, 0.3) is 0 Å². The van der Waals surface area contributed by atoms with Crippen molar-refractivity contribution in [2.45, 2.75) is 44.9 Å². The van der Waals surface area contributed by atoms with E-state index in [1.54, 1.807) is 12.1 Å². The number of rotatable bonds is 3. The zero-order valence-electron chi connectivity index (χ0n) is 11.6. The minimum absolute atomic E-state index is 0.0226. The fraction of sp³-hybridized carbons (Fsp3) is 0.500. The monoisotopic (exact) mass is 275 g/mol. The highest BCUT2D eigenvalue weighted by Crippen LogP contribution is 2.23. The van der Waals surface area contributed by atoms with Gasteiger partial charge in [-0.15, -0.1) is 0 Å². The average Bonchev–Trinajstić information content (AvgIpc) is 2.38. The zero-order valence-corrected chi connectivity index (χ0v) is 11.6. The molecule has 0 saturated heterocycles. The van der Waals surface area contributed by atoms with Crippen molar-refractivity contribution in [2.75, 3.05) is 5.32 Å². The Morgan fingerprint density at radius 1 is 1.05 bits per heavy atom. The predicted octanol–water partition coefficient (Wildman–Crippen LogP) is 3.68. The quantitative estimate of drug-likeness (QED) is 0.884. The van der Waals surface area contributed by atoms with Crippen molar-refractivity contribution in [3.8, 4) is 0 Å². The molecule has 1 aliphatic carbocycles. The maximum atomic E-state index is 12.3. The predicted molar refractivity (Wildman–Crippen MR) is 77.8 cm³/mol. The van der Waals surface area contributed by atoms with Crippen LogP contribution in [0.25, 0.3) is 0 Å². The van der Waals surface area contributed by atoms with Crippen molar-refractivity contribution in [1.29, 1.82) is 0 Å². The molecule has 20 heavy (non-hydrogen) atoms. The first kappa shape index (κ1) is 14.6. The van der Waals surface area contributed by atoms with Crippen LogP contribution < -0.4 is 5.32 Å². The minimum Gasteiger partial charge on any atom is -0.478 e. The SMILES string of the molecule is O=C(O)c1cccc(NC(=O)C2CCCCCCC2)c1. The number of anilines is 1. The second-order valence-corrected chi connectivity index (χ2v) is 5.42. The molecular formula is C16H21NO3. The lowest BCUT2D eigenvalue weighted by molar-refractivity contribution is -0.120. The Balaban J connectivity index is 1.99. The van der Waals surface area contributed by atoms with Crippen LogP contribution in [0, 0.1) is 5.92 Å². The molecule has 1 aliphatic rings. The van der Waals surface area contributed by atoms with E-state index in [0.29, 0.717) is 5.69 Å². The molecule has 0 atom stereocenters. The van der Waals surface area contributed by atoms with E-state index >= 15 is 0 Å². The second kappa shape index (κ2) is 7.08. The Kier molecular flexibility index (Phi) is 5.16. The summed E-state index contributed by atoms with van der Waals surface area (Å²) >= 11 is 0. The molecule has 4 heteroatoms. The molecule has 0 aromatic heterocycles. The van der Waals surface area contributed by atoms with Crippen LogP contribution in [0.15, 0.2) is 24.3 Å². The van der Waals surface area contributed by atoms with E-state index in [2.05, 4.69) is 5.32 Å². The van der Waals surface area contributed by atoms with E-state index in [9.17, 15) is 9.59 Å². The summed E-state index contributed by atoms with van der Waals surface area (Å²) in [5, 5.41) is 11.8. The zero-order chi connectivity index (χ0) is 14.4. The number of carbonyl (C=O) groups excluding carboxylic acids is 1. The van der Waals surface area contributed by atoms with E-state index in [1.165, 1.54) is 31.4 Å². The molecule has 108 valence electrons. The maximum absolute atomic E-state index is 12.3. The Hall–Kier alpha value is -1.84. The number of amides is 1. The average molecular weight is 275 g/mol. The first-order valence-corrected chi connectivity index (χ1v) is 7.31. The number of hydrogen-bond donors (Lipinski definition) is 2. The van der Waals surface area contributed by atoms with Crippen molar-refractivity contribution < 1.29 is 14.7 Å². The Morgan fingerprint density at radius 2 is 1.70 bits per heavy atom. The third-order valence-electron chi connectivity index (χ3n) is 3.85. The third kappa shape index (κ3) is 4.08. The number of benzene rings is 1. The van der Waals surface area contributed by atoms with Gasteiger partial charge in [0.2, 0.25) is 5.91 Å². The van der Waals surface area contributed by atoms with Gasteiger partial charge < -0.3 is 10.4 Å². The topological polar surface area (TPSA) is 66.4 Å². The number of nitrogens with one attached hydrogen (secondary N) is 1. The second-order valence-electron chi connectivity index (χ2n) is 5.42. The van der Waals surface area contributed by atoms with E-state index in [4.69, 9.17) is 5.11 Å². The summed E-state index contributed by atoms with van der Waals surface area (Å²) in [6.45, 7) is 0. The van der Waals surface area contributed by atoms with Crippen LogP contribution in [0.5, 0.6) is 0 Å². The molecule has 1 aromatic carbocycles. The molecule has 0 heterocycles. The fourth-order valence-corrected chi connectivity index (χ4v) is 2.69. The summed E-state index contributed by atoms with van der Waals surface area (Å²) < 4.78 is 0. The van der Waals surface area contributed by atoms with Crippen LogP contribution in [-0.2, 0) is 4.79 Å². The van der Waals surface area contributed by atoms with E-state index in [0.717, 1.165) is 25.7 Å². The molecule has 2 N–H and O–H groups in total. The lowest BCUT2D eigenvalue weighted by atomic mass is 9.90. The van der Waals surface area contributed by atoms with E-state index in [-0.39, 0.29) is 17.4 Å². The Morgan fingerprint density at radius 3 is 2.35 bits per heavy atom.